The van der Waals surface area contributed by atoms with Crippen LogP contribution in [0.25, 0.3) is 0 Å². The van der Waals surface area contributed by atoms with Crippen molar-refractivity contribution in [2.24, 2.45) is 0 Å². The maximum absolute atomic E-state index is 4.42. The summed E-state index contributed by atoms with van der Waals surface area (Å²) >= 11 is 1.73. The van der Waals surface area contributed by atoms with Gasteiger partial charge in [-0.3, -0.25) is 0 Å². The van der Waals surface area contributed by atoms with Gasteiger partial charge >= 0.3 is 0 Å². The molecule has 1 aliphatic heterocycles. The molecule has 0 amide bonds. The average Bonchev–Trinajstić information content (AvgIpc) is 3.02. The lowest BCUT2D eigenvalue weighted by Crippen LogP contribution is -2.24. The van der Waals surface area contributed by atoms with Gasteiger partial charge in [0.2, 0.25) is 0 Å². The second-order valence-corrected chi connectivity index (χ2v) is 6.17. The summed E-state index contributed by atoms with van der Waals surface area (Å²) in [5.41, 5.74) is 4.32. The third-order valence-electron chi connectivity index (χ3n) is 3.87. The summed E-state index contributed by atoms with van der Waals surface area (Å²) < 4.78 is 0. The number of thiazole rings is 1. The van der Waals surface area contributed by atoms with Crippen molar-refractivity contribution in [3.05, 3.63) is 51.5 Å². The van der Waals surface area contributed by atoms with Crippen LogP contribution in [-0.2, 0) is 19.5 Å². The standard InChI is InChI=1S/C16H21N3S/c1-2-15(16-18-7-8-20-16)19-10-12-3-4-13-5-6-17-11-14(13)9-12/h3-4,7-9,15,17,19H,2,5-6,10-11H2,1H3. The lowest BCUT2D eigenvalue weighted by atomic mass is 9.98. The Morgan fingerprint density at radius 3 is 3.15 bits per heavy atom. The number of nitrogens with one attached hydrogen (secondary N) is 2. The molecule has 0 spiro atoms. The van der Waals surface area contributed by atoms with Gasteiger partial charge < -0.3 is 10.6 Å². The van der Waals surface area contributed by atoms with Crippen molar-refractivity contribution in [1.29, 1.82) is 0 Å². The molecule has 2 heterocycles. The van der Waals surface area contributed by atoms with Crippen LogP contribution in [0.3, 0.4) is 0 Å². The highest BCUT2D eigenvalue weighted by molar-refractivity contribution is 7.09. The van der Waals surface area contributed by atoms with E-state index in [0.717, 1.165) is 32.5 Å². The molecule has 1 atom stereocenters. The van der Waals surface area contributed by atoms with Gasteiger partial charge in [-0.15, -0.1) is 11.3 Å². The zero-order valence-corrected chi connectivity index (χ0v) is 12.7. The van der Waals surface area contributed by atoms with Crippen molar-refractivity contribution < 1.29 is 0 Å². The number of hydrogen-bond acceptors (Lipinski definition) is 4. The monoisotopic (exact) mass is 287 g/mol. The van der Waals surface area contributed by atoms with Crippen molar-refractivity contribution in [3.63, 3.8) is 0 Å². The van der Waals surface area contributed by atoms with Crippen LogP contribution in [0.1, 0.15) is 41.1 Å². The number of benzene rings is 1. The van der Waals surface area contributed by atoms with Crippen LogP contribution in [0.15, 0.2) is 29.8 Å². The van der Waals surface area contributed by atoms with E-state index in [2.05, 4.69) is 40.7 Å². The molecular weight excluding hydrogens is 266 g/mol. The Morgan fingerprint density at radius 2 is 2.35 bits per heavy atom. The molecule has 0 bridgehead atoms. The van der Waals surface area contributed by atoms with E-state index in [1.54, 1.807) is 11.3 Å². The molecule has 2 N–H and O–H groups in total. The summed E-state index contributed by atoms with van der Waals surface area (Å²) in [7, 11) is 0. The SMILES string of the molecule is CCC(NCc1ccc2c(c1)CNCC2)c1nccs1. The van der Waals surface area contributed by atoms with Gasteiger partial charge in [-0.1, -0.05) is 25.1 Å². The summed E-state index contributed by atoms with van der Waals surface area (Å²) in [6.07, 6.45) is 4.11. The van der Waals surface area contributed by atoms with Gasteiger partial charge in [0, 0.05) is 24.7 Å². The fourth-order valence-electron chi connectivity index (χ4n) is 2.70. The highest BCUT2D eigenvalue weighted by atomic mass is 32.1. The molecule has 2 aromatic rings. The molecule has 0 aliphatic carbocycles. The van der Waals surface area contributed by atoms with Gasteiger partial charge in [-0.25, -0.2) is 4.98 Å². The number of hydrogen-bond donors (Lipinski definition) is 2. The first-order valence-corrected chi connectivity index (χ1v) is 8.19. The van der Waals surface area contributed by atoms with Crippen LogP contribution in [0.2, 0.25) is 0 Å². The summed E-state index contributed by atoms with van der Waals surface area (Å²) in [5, 5.41) is 10.3. The van der Waals surface area contributed by atoms with E-state index in [-0.39, 0.29) is 0 Å². The molecule has 0 fully saturated rings. The van der Waals surface area contributed by atoms with Crippen LogP contribution in [0, 0.1) is 0 Å². The minimum Gasteiger partial charge on any atom is -0.312 e. The predicted octanol–water partition coefficient (Wildman–Crippen LogP) is 3.03. The first-order chi connectivity index (χ1) is 9.86. The fourth-order valence-corrected chi connectivity index (χ4v) is 3.49. The highest BCUT2D eigenvalue weighted by Crippen LogP contribution is 2.20. The van der Waals surface area contributed by atoms with E-state index < -0.39 is 0 Å². The number of aromatic nitrogens is 1. The van der Waals surface area contributed by atoms with Crippen LogP contribution in [-0.4, -0.2) is 11.5 Å². The number of nitrogens with zero attached hydrogens (tertiary/aromatic N) is 1. The summed E-state index contributed by atoms with van der Waals surface area (Å²) in [4.78, 5) is 4.42. The molecule has 1 aromatic carbocycles. The van der Waals surface area contributed by atoms with Crippen LogP contribution in [0.4, 0.5) is 0 Å². The molecule has 0 saturated carbocycles. The smallest absolute Gasteiger partial charge is 0.109 e. The Labute approximate surface area is 124 Å². The Kier molecular flexibility index (Phi) is 4.45. The lowest BCUT2D eigenvalue weighted by molar-refractivity contribution is 0.516. The molecule has 106 valence electrons. The summed E-state index contributed by atoms with van der Waals surface area (Å²) in [6, 6.07) is 7.25. The lowest BCUT2D eigenvalue weighted by Gasteiger charge is -2.19. The molecule has 20 heavy (non-hydrogen) atoms. The second-order valence-electron chi connectivity index (χ2n) is 5.24. The Hall–Kier alpha value is -1.23. The van der Waals surface area contributed by atoms with Gasteiger partial charge in [-0.2, -0.15) is 0 Å². The minimum atomic E-state index is 0.365. The molecule has 1 aliphatic rings. The molecule has 0 radical (unpaired) electrons. The van der Waals surface area contributed by atoms with Gasteiger partial charge in [0.1, 0.15) is 5.01 Å². The minimum absolute atomic E-state index is 0.365. The second kappa shape index (κ2) is 6.48. The first kappa shape index (κ1) is 13.7. The Morgan fingerprint density at radius 1 is 1.40 bits per heavy atom. The number of fused-ring (bicyclic) bond motifs is 1. The van der Waals surface area contributed by atoms with Crippen molar-refractivity contribution in [2.75, 3.05) is 6.54 Å². The van der Waals surface area contributed by atoms with Crippen molar-refractivity contribution in [1.82, 2.24) is 15.6 Å². The molecule has 3 rings (SSSR count). The third kappa shape index (κ3) is 3.08. The van der Waals surface area contributed by atoms with Gasteiger partial charge in [-0.05, 0) is 36.1 Å². The Balaban J connectivity index is 1.66. The summed E-state index contributed by atoms with van der Waals surface area (Å²) in [6.45, 7) is 5.22. The highest BCUT2D eigenvalue weighted by Gasteiger charge is 2.12. The first-order valence-electron chi connectivity index (χ1n) is 7.31. The molecule has 4 heteroatoms. The van der Waals surface area contributed by atoms with Crippen molar-refractivity contribution in [2.45, 2.75) is 38.9 Å². The average molecular weight is 287 g/mol. The molecule has 0 saturated heterocycles. The van der Waals surface area contributed by atoms with E-state index in [9.17, 15) is 0 Å². The van der Waals surface area contributed by atoms with Crippen molar-refractivity contribution in [3.8, 4) is 0 Å². The van der Waals surface area contributed by atoms with Gasteiger partial charge in [0.15, 0.2) is 0 Å². The van der Waals surface area contributed by atoms with Gasteiger partial charge in [0.25, 0.3) is 0 Å². The van der Waals surface area contributed by atoms with E-state index in [0.29, 0.717) is 6.04 Å². The van der Waals surface area contributed by atoms with Crippen LogP contribution < -0.4 is 10.6 Å². The van der Waals surface area contributed by atoms with Crippen LogP contribution in [0.5, 0.6) is 0 Å². The quantitative estimate of drug-likeness (QED) is 0.887. The maximum Gasteiger partial charge on any atom is 0.109 e. The topological polar surface area (TPSA) is 37.0 Å². The van der Waals surface area contributed by atoms with E-state index in [1.165, 1.54) is 21.7 Å². The molecule has 3 nitrogen and oxygen atoms in total. The molecule has 1 unspecified atom stereocenters. The molecular formula is C16H21N3S. The van der Waals surface area contributed by atoms with Gasteiger partial charge in [0.05, 0.1) is 6.04 Å². The maximum atomic E-state index is 4.42. The zero-order chi connectivity index (χ0) is 13.8. The summed E-state index contributed by atoms with van der Waals surface area (Å²) in [5.74, 6) is 0. The number of rotatable bonds is 5. The fraction of sp³-hybridized carbons (Fsp3) is 0.438. The largest absolute Gasteiger partial charge is 0.312 e. The third-order valence-corrected chi connectivity index (χ3v) is 4.76. The predicted molar refractivity (Wildman–Crippen MR) is 83.8 cm³/mol. The Bertz CT molecular complexity index is 551. The van der Waals surface area contributed by atoms with E-state index >= 15 is 0 Å². The normalized spacial score (nSPS) is 15.8. The van der Waals surface area contributed by atoms with E-state index in [1.807, 2.05) is 11.6 Å². The zero-order valence-electron chi connectivity index (χ0n) is 11.9. The van der Waals surface area contributed by atoms with Crippen LogP contribution >= 0.6 is 11.3 Å². The van der Waals surface area contributed by atoms with Crippen molar-refractivity contribution >= 4 is 11.3 Å². The van der Waals surface area contributed by atoms with E-state index in [4.69, 9.17) is 0 Å². The molecule has 1 aromatic heterocycles.